The number of hydrogen-bond donors (Lipinski definition) is 2. The van der Waals surface area contributed by atoms with Gasteiger partial charge in [0.25, 0.3) is 0 Å². The zero-order chi connectivity index (χ0) is 16.7. The Kier molecular flexibility index (Phi) is 5.60. The second-order valence-electron chi connectivity index (χ2n) is 4.67. The van der Waals surface area contributed by atoms with Crippen LogP contribution in [0.2, 0.25) is 0 Å². The molecule has 2 aromatic carbocycles. The molecule has 1 fully saturated rings. The van der Waals surface area contributed by atoms with Crippen molar-refractivity contribution in [1.29, 1.82) is 0 Å². The van der Waals surface area contributed by atoms with E-state index in [-0.39, 0.29) is 11.5 Å². The molecule has 0 amide bonds. The van der Waals surface area contributed by atoms with Crippen LogP contribution in [-0.4, -0.2) is 40.5 Å². The number of carbonyl (C=O) groups is 2. The molecular formula is C17H15NO5. The van der Waals surface area contributed by atoms with Crippen LogP contribution >= 0.6 is 0 Å². The van der Waals surface area contributed by atoms with Crippen molar-refractivity contribution in [3.63, 3.8) is 0 Å². The summed E-state index contributed by atoms with van der Waals surface area (Å²) in [6, 6.07) is 17.6. The van der Waals surface area contributed by atoms with E-state index in [4.69, 9.17) is 10.3 Å². The van der Waals surface area contributed by atoms with Gasteiger partial charge in [-0.25, -0.2) is 4.79 Å². The molecule has 1 aliphatic rings. The Labute approximate surface area is 132 Å². The van der Waals surface area contributed by atoms with E-state index in [0.29, 0.717) is 17.7 Å². The van der Waals surface area contributed by atoms with Gasteiger partial charge >= 0.3 is 5.97 Å². The Morgan fingerprint density at radius 3 is 1.78 bits per heavy atom. The van der Waals surface area contributed by atoms with Gasteiger partial charge in [0.05, 0.1) is 6.61 Å². The minimum atomic E-state index is -0.852. The highest BCUT2D eigenvalue weighted by atomic mass is 16.6. The van der Waals surface area contributed by atoms with Gasteiger partial charge in [-0.1, -0.05) is 65.8 Å². The van der Waals surface area contributed by atoms with Crippen molar-refractivity contribution in [3.05, 3.63) is 71.8 Å². The van der Waals surface area contributed by atoms with Crippen LogP contribution in [0.1, 0.15) is 15.9 Å². The molecule has 1 heterocycles. The number of carboxylic acid groups (broad SMARTS) is 1. The van der Waals surface area contributed by atoms with E-state index >= 15 is 0 Å². The number of rotatable bonds is 4. The molecule has 2 aromatic rings. The standard InChI is InChI=1S/C14H11NO2.C3H4O3/c16-14(12-9-5-2-6-10-12)13(15-17)11-7-3-1-4-8-11;4-3(5)2-1-6-2/h1-10,17H;2H,1H2,(H,4,5). The number of aliphatic carboxylic acids is 1. The van der Waals surface area contributed by atoms with E-state index < -0.39 is 12.1 Å². The van der Waals surface area contributed by atoms with Gasteiger partial charge in [-0.2, -0.15) is 0 Å². The summed E-state index contributed by atoms with van der Waals surface area (Å²) in [5, 5.41) is 20.0. The van der Waals surface area contributed by atoms with Crippen molar-refractivity contribution in [2.45, 2.75) is 6.10 Å². The number of hydrogen-bond acceptors (Lipinski definition) is 5. The Morgan fingerprint density at radius 1 is 0.957 bits per heavy atom. The monoisotopic (exact) mass is 313 g/mol. The van der Waals surface area contributed by atoms with Crippen molar-refractivity contribution in [2.24, 2.45) is 5.16 Å². The second-order valence-corrected chi connectivity index (χ2v) is 4.67. The van der Waals surface area contributed by atoms with Crippen LogP contribution in [0.25, 0.3) is 0 Å². The number of ketones is 1. The van der Waals surface area contributed by atoms with Gasteiger partial charge in [-0.15, -0.1) is 0 Å². The molecule has 0 bridgehead atoms. The van der Waals surface area contributed by atoms with E-state index in [1.165, 1.54) is 0 Å². The first-order valence-corrected chi connectivity index (χ1v) is 6.85. The first kappa shape index (κ1) is 16.4. The van der Waals surface area contributed by atoms with Crippen molar-refractivity contribution < 1.29 is 24.6 Å². The zero-order valence-electron chi connectivity index (χ0n) is 12.1. The number of oxime groups is 1. The lowest BCUT2D eigenvalue weighted by Gasteiger charge is -2.03. The van der Waals surface area contributed by atoms with Gasteiger partial charge in [0.2, 0.25) is 5.78 Å². The fraction of sp³-hybridized carbons (Fsp3) is 0.118. The van der Waals surface area contributed by atoms with Crippen molar-refractivity contribution in [3.8, 4) is 0 Å². The number of benzene rings is 2. The summed E-state index contributed by atoms with van der Waals surface area (Å²) in [5.41, 5.74) is 1.16. The van der Waals surface area contributed by atoms with E-state index in [9.17, 15) is 9.59 Å². The maximum atomic E-state index is 12.1. The molecule has 0 radical (unpaired) electrons. The predicted octanol–water partition coefficient (Wildman–Crippen LogP) is 2.22. The highest BCUT2D eigenvalue weighted by Gasteiger charge is 2.30. The smallest absolute Gasteiger partial charge is 0.335 e. The van der Waals surface area contributed by atoms with E-state index in [2.05, 4.69) is 9.89 Å². The van der Waals surface area contributed by atoms with Gasteiger partial charge in [0, 0.05) is 11.1 Å². The van der Waals surface area contributed by atoms with Crippen LogP contribution in [0.15, 0.2) is 65.8 Å². The lowest BCUT2D eigenvalue weighted by molar-refractivity contribution is -0.138. The molecule has 1 aliphatic heterocycles. The van der Waals surface area contributed by atoms with Gasteiger partial charge in [0.15, 0.2) is 11.8 Å². The quantitative estimate of drug-likeness (QED) is 0.296. The maximum Gasteiger partial charge on any atom is 0.335 e. The average molecular weight is 313 g/mol. The number of ether oxygens (including phenoxy) is 1. The molecule has 23 heavy (non-hydrogen) atoms. The van der Waals surface area contributed by atoms with Gasteiger partial charge in [0.1, 0.15) is 0 Å². The van der Waals surface area contributed by atoms with Crippen LogP contribution < -0.4 is 0 Å². The molecule has 1 saturated heterocycles. The van der Waals surface area contributed by atoms with Crippen LogP contribution in [0.3, 0.4) is 0 Å². The Bertz CT molecular complexity index is 693. The molecular weight excluding hydrogens is 298 g/mol. The Hall–Kier alpha value is -2.99. The van der Waals surface area contributed by atoms with Gasteiger partial charge in [-0.05, 0) is 0 Å². The molecule has 6 nitrogen and oxygen atoms in total. The fourth-order valence-corrected chi connectivity index (χ4v) is 1.75. The summed E-state index contributed by atoms with van der Waals surface area (Å²) in [5.74, 6) is -1.14. The summed E-state index contributed by atoms with van der Waals surface area (Å²) >= 11 is 0. The third kappa shape index (κ3) is 4.76. The Morgan fingerprint density at radius 2 is 1.43 bits per heavy atom. The van der Waals surface area contributed by atoms with E-state index in [0.717, 1.165) is 0 Å². The highest BCUT2D eigenvalue weighted by Crippen LogP contribution is 2.08. The van der Waals surface area contributed by atoms with E-state index in [1.54, 1.807) is 48.5 Å². The molecule has 6 heteroatoms. The lowest BCUT2D eigenvalue weighted by Crippen LogP contribution is -2.15. The maximum absolute atomic E-state index is 12.1. The van der Waals surface area contributed by atoms with Crippen LogP contribution in [0.4, 0.5) is 0 Å². The first-order valence-electron chi connectivity index (χ1n) is 6.85. The zero-order valence-corrected chi connectivity index (χ0v) is 12.1. The summed E-state index contributed by atoms with van der Waals surface area (Å²) < 4.78 is 4.37. The summed E-state index contributed by atoms with van der Waals surface area (Å²) in [6.07, 6.45) is -0.481. The SMILES string of the molecule is O=C(C(=NO)c1ccccc1)c1ccccc1.O=C(O)C1CO1. The van der Waals surface area contributed by atoms with Crippen molar-refractivity contribution in [1.82, 2.24) is 0 Å². The predicted molar refractivity (Wildman–Crippen MR) is 82.9 cm³/mol. The molecule has 1 unspecified atom stereocenters. The lowest BCUT2D eigenvalue weighted by atomic mass is 10.0. The number of epoxide rings is 1. The average Bonchev–Trinajstić information content (AvgIpc) is 3.43. The van der Waals surface area contributed by atoms with E-state index in [1.807, 2.05) is 12.1 Å². The van der Waals surface area contributed by atoms with Gasteiger partial charge < -0.3 is 15.1 Å². The third-order valence-electron chi connectivity index (χ3n) is 3.01. The van der Waals surface area contributed by atoms with Crippen LogP contribution in [0, 0.1) is 0 Å². The van der Waals surface area contributed by atoms with Gasteiger partial charge in [-0.3, -0.25) is 4.79 Å². The van der Waals surface area contributed by atoms with Crippen molar-refractivity contribution in [2.75, 3.05) is 6.61 Å². The molecule has 2 N–H and O–H groups in total. The van der Waals surface area contributed by atoms with Crippen molar-refractivity contribution >= 4 is 17.5 Å². The fourth-order valence-electron chi connectivity index (χ4n) is 1.75. The summed E-state index contributed by atoms with van der Waals surface area (Å²) in [6.45, 7) is 0.398. The first-order chi connectivity index (χ1) is 11.1. The minimum absolute atomic E-state index is 0.0526. The molecule has 3 rings (SSSR count). The summed E-state index contributed by atoms with van der Waals surface area (Å²) in [7, 11) is 0. The largest absolute Gasteiger partial charge is 0.479 e. The molecule has 118 valence electrons. The number of nitrogens with zero attached hydrogens (tertiary/aromatic N) is 1. The molecule has 0 aliphatic carbocycles. The molecule has 0 aromatic heterocycles. The highest BCUT2D eigenvalue weighted by molar-refractivity contribution is 6.51. The molecule has 0 spiro atoms. The topological polar surface area (TPSA) is 99.5 Å². The molecule has 0 saturated carbocycles. The van der Waals surface area contributed by atoms with Crippen LogP contribution in [0.5, 0.6) is 0 Å². The van der Waals surface area contributed by atoms with Crippen LogP contribution in [-0.2, 0) is 9.53 Å². The number of Topliss-reactive ketones (excluding diaryl/α,β-unsaturated/α-hetero) is 1. The Balaban J connectivity index is 0.000000268. The number of carboxylic acids is 1. The molecule has 1 atom stereocenters. The summed E-state index contributed by atoms with van der Waals surface area (Å²) in [4.78, 5) is 21.7. The second kappa shape index (κ2) is 7.86. The number of carbonyl (C=O) groups excluding carboxylic acids is 1. The normalized spacial score (nSPS) is 16.0. The third-order valence-corrected chi connectivity index (χ3v) is 3.01. The minimum Gasteiger partial charge on any atom is -0.479 e.